The number of hydrogen-bond donors (Lipinski definition) is 0. The van der Waals surface area contributed by atoms with Crippen LogP contribution >= 0.6 is 0 Å². The Hall–Kier alpha value is -1.65. The van der Waals surface area contributed by atoms with Crippen LogP contribution in [-0.4, -0.2) is 28.6 Å². The third kappa shape index (κ3) is 3.41. The lowest BCUT2D eigenvalue weighted by atomic mass is 10.0. The second-order valence-electron chi connectivity index (χ2n) is 4.35. The predicted octanol–water partition coefficient (Wildman–Crippen LogP) is 1.85. The van der Waals surface area contributed by atoms with Gasteiger partial charge in [-0.3, -0.25) is 14.3 Å². The predicted molar refractivity (Wildman–Crippen MR) is 62.7 cm³/mol. The Morgan fingerprint density at radius 3 is 2.53 bits per heavy atom. The van der Waals surface area contributed by atoms with E-state index in [4.69, 9.17) is 0 Å². The maximum absolute atomic E-state index is 11.9. The third-order valence-electron chi connectivity index (χ3n) is 2.55. The molecule has 0 aromatic carbocycles. The van der Waals surface area contributed by atoms with Gasteiger partial charge >= 0.3 is 5.97 Å². The molecule has 1 aromatic heterocycles. The molecule has 0 saturated heterocycles. The van der Waals surface area contributed by atoms with Gasteiger partial charge in [-0.25, -0.2) is 0 Å². The van der Waals surface area contributed by atoms with Crippen molar-refractivity contribution in [3.05, 3.63) is 18.0 Å². The summed E-state index contributed by atoms with van der Waals surface area (Å²) in [6.45, 7) is 5.65. The maximum Gasteiger partial charge on any atom is 0.308 e. The van der Waals surface area contributed by atoms with Crippen LogP contribution < -0.4 is 0 Å². The molecule has 5 nitrogen and oxygen atoms in total. The SMILES string of the molecule is COC(=O)C(C)CC(=O)c1cnn(C(C)C)c1. The quantitative estimate of drug-likeness (QED) is 0.580. The zero-order valence-corrected chi connectivity index (χ0v) is 10.6. The first kappa shape index (κ1) is 13.4. The standard InChI is InChI=1S/C12H18N2O3/c1-8(2)14-7-10(6-13-14)11(15)5-9(3)12(16)17-4/h6-9H,5H2,1-4H3. The average Bonchev–Trinajstić information content (AvgIpc) is 2.77. The van der Waals surface area contributed by atoms with Crippen molar-refractivity contribution in [3.8, 4) is 0 Å². The van der Waals surface area contributed by atoms with E-state index in [0.29, 0.717) is 5.56 Å². The van der Waals surface area contributed by atoms with Crippen molar-refractivity contribution in [1.29, 1.82) is 0 Å². The molecule has 1 unspecified atom stereocenters. The summed E-state index contributed by atoms with van der Waals surface area (Å²) < 4.78 is 6.30. The van der Waals surface area contributed by atoms with Crippen molar-refractivity contribution in [2.45, 2.75) is 33.2 Å². The fraction of sp³-hybridized carbons (Fsp3) is 0.583. The monoisotopic (exact) mass is 238 g/mol. The highest BCUT2D eigenvalue weighted by molar-refractivity contribution is 5.97. The number of nitrogens with zero attached hydrogens (tertiary/aromatic N) is 2. The van der Waals surface area contributed by atoms with Crippen molar-refractivity contribution >= 4 is 11.8 Å². The van der Waals surface area contributed by atoms with E-state index in [0.717, 1.165) is 0 Å². The fourth-order valence-corrected chi connectivity index (χ4v) is 1.44. The van der Waals surface area contributed by atoms with E-state index < -0.39 is 5.92 Å². The Balaban J connectivity index is 2.66. The number of aromatic nitrogens is 2. The molecule has 94 valence electrons. The summed E-state index contributed by atoms with van der Waals surface area (Å²) in [5, 5.41) is 4.09. The number of hydrogen-bond acceptors (Lipinski definition) is 4. The Bertz CT molecular complexity index is 410. The van der Waals surface area contributed by atoms with Crippen molar-refractivity contribution < 1.29 is 14.3 Å². The van der Waals surface area contributed by atoms with Crippen LogP contribution in [-0.2, 0) is 9.53 Å². The molecule has 1 heterocycles. The largest absolute Gasteiger partial charge is 0.469 e. The van der Waals surface area contributed by atoms with Gasteiger partial charge in [0.05, 0.1) is 24.8 Å². The topological polar surface area (TPSA) is 61.2 Å². The van der Waals surface area contributed by atoms with E-state index in [9.17, 15) is 9.59 Å². The molecule has 0 aliphatic heterocycles. The second kappa shape index (κ2) is 5.61. The Morgan fingerprint density at radius 2 is 2.06 bits per heavy atom. The summed E-state index contributed by atoms with van der Waals surface area (Å²) in [6.07, 6.45) is 3.39. The second-order valence-corrected chi connectivity index (χ2v) is 4.35. The molecule has 5 heteroatoms. The van der Waals surface area contributed by atoms with E-state index in [-0.39, 0.29) is 24.2 Å². The zero-order chi connectivity index (χ0) is 13.0. The Labute approximate surface area is 101 Å². The molecule has 0 fully saturated rings. The van der Waals surface area contributed by atoms with Gasteiger partial charge in [0, 0.05) is 18.7 Å². The van der Waals surface area contributed by atoms with Crippen LogP contribution in [0, 0.1) is 5.92 Å². The van der Waals surface area contributed by atoms with Crippen molar-refractivity contribution in [3.63, 3.8) is 0 Å². The van der Waals surface area contributed by atoms with Crippen LogP contribution in [0.1, 0.15) is 43.6 Å². The first-order chi connectivity index (χ1) is 7.95. The Kier molecular flexibility index (Phi) is 4.43. The van der Waals surface area contributed by atoms with E-state index in [1.807, 2.05) is 13.8 Å². The lowest BCUT2D eigenvalue weighted by Crippen LogP contribution is -2.16. The molecule has 0 saturated carbocycles. The molecule has 0 aliphatic carbocycles. The van der Waals surface area contributed by atoms with Crippen LogP contribution in [0.2, 0.25) is 0 Å². The number of ether oxygens (including phenoxy) is 1. The summed E-state index contributed by atoms with van der Waals surface area (Å²) >= 11 is 0. The van der Waals surface area contributed by atoms with Crippen molar-refractivity contribution in [2.75, 3.05) is 7.11 Å². The molecule has 0 aliphatic rings. The maximum atomic E-state index is 11.9. The molecular formula is C12H18N2O3. The molecular weight excluding hydrogens is 220 g/mol. The fourth-order valence-electron chi connectivity index (χ4n) is 1.44. The zero-order valence-electron chi connectivity index (χ0n) is 10.6. The van der Waals surface area contributed by atoms with Crippen LogP contribution in [0.3, 0.4) is 0 Å². The van der Waals surface area contributed by atoms with Gasteiger partial charge < -0.3 is 4.74 Å². The lowest BCUT2D eigenvalue weighted by Gasteiger charge is -2.07. The van der Waals surface area contributed by atoms with Gasteiger partial charge in [0.15, 0.2) is 5.78 Å². The van der Waals surface area contributed by atoms with Gasteiger partial charge in [0.25, 0.3) is 0 Å². The van der Waals surface area contributed by atoms with E-state index >= 15 is 0 Å². The number of ketones is 1. The van der Waals surface area contributed by atoms with Crippen LogP contribution in [0.25, 0.3) is 0 Å². The summed E-state index contributed by atoms with van der Waals surface area (Å²) in [6, 6.07) is 0.217. The number of carbonyl (C=O) groups is 2. The molecule has 1 rings (SSSR count). The van der Waals surface area contributed by atoms with Gasteiger partial charge in [-0.2, -0.15) is 5.10 Å². The summed E-state index contributed by atoms with van der Waals surface area (Å²) in [7, 11) is 1.32. The third-order valence-corrected chi connectivity index (χ3v) is 2.55. The van der Waals surface area contributed by atoms with E-state index in [1.54, 1.807) is 17.8 Å². The normalized spacial score (nSPS) is 12.5. The summed E-state index contributed by atoms with van der Waals surface area (Å²) in [5.41, 5.74) is 0.537. The van der Waals surface area contributed by atoms with E-state index in [2.05, 4.69) is 9.84 Å². The average molecular weight is 238 g/mol. The van der Waals surface area contributed by atoms with Crippen LogP contribution in [0.15, 0.2) is 12.4 Å². The number of rotatable bonds is 5. The van der Waals surface area contributed by atoms with Gasteiger partial charge in [-0.05, 0) is 13.8 Å². The van der Waals surface area contributed by atoms with Gasteiger partial charge in [0.2, 0.25) is 0 Å². The highest BCUT2D eigenvalue weighted by Gasteiger charge is 2.19. The molecule has 0 N–H and O–H groups in total. The highest BCUT2D eigenvalue weighted by atomic mass is 16.5. The van der Waals surface area contributed by atoms with Crippen LogP contribution in [0.5, 0.6) is 0 Å². The van der Waals surface area contributed by atoms with Gasteiger partial charge in [-0.15, -0.1) is 0 Å². The first-order valence-electron chi connectivity index (χ1n) is 5.61. The molecule has 17 heavy (non-hydrogen) atoms. The smallest absolute Gasteiger partial charge is 0.308 e. The highest BCUT2D eigenvalue weighted by Crippen LogP contribution is 2.12. The minimum absolute atomic E-state index is 0.0881. The van der Waals surface area contributed by atoms with Crippen LogP contribution in [0.4, 0.5) is 0 Å². The minimum Gasteiger partial charge on any atom is -0.469 e. The van der Waals surface area contributed by atoms with Crippen molar-refractivity contribution in [1.82, 2.24) is 9.78 Å². The van der Waals surface area contributed by atoms with Gasteiger partial charge in [-0.1, -0.05) is 6.92 Å². The molecule has 0 bridgehead atoms. The Morgan fingerprint density at radius 1 is 1.41 bits per heavy atom. The number of esters is 1. The molecule has 0 spiro atoms. The summed E-state index contributed by atoms with van der Waals surface area (Å²) in [4.78, 5) is 23.0. The van der Waals surface area contributed by atoms with Gasteiger partial charge in [0.1, 0.15) is 0 Å². The number of methoxy groups -OCH3 is 1. The first-order valence-corrected chi connectivity index (χ1v) is 5.61. The number of carbonyl (C=O) groups excluding carboxylic acids is 2. The molecule has 1 aromatic rings. The van der Waals surface area contributed by atoms with E-state index in [1.165, 1.54) is 13.3 Å². The summed E-state index contributed by atoms with van der Waals surface area (Å²) in [5.74, 6) is -0.876. The minimum atomic E-state index is -0.421. The van der Waals surface area contributed by atoms with Crippen molar-refractivity contribution in [2.24, 2.45) is 5.92 Å². The molecule has 0 radical (unpaired) electrons. The molecule has 0 amide bonds. The molecule has 1 atom stereocenters. The number of Topliss-reactive ketones (excluding diaryl/α,β-unsaturated/α-hetero) is 1. The lowest BCUT2D eigenvalue weighted by molar-refractivity contribution is -0.144.